The zero-order chi connectivity index (χ0) is 43.8. The molecule has 12 aromatic rings. The van der Waals surface area contributed by atoms with Crippen LogP contribution in [0, 0.1) is 0 Å². The minimum Gasteiger partial charge on any atom is -0.456 e. The van der Waals surface area contributed by atoms with Crippen LogP contribution in [0.4, 0.5) is 0 Å². The van der Waals surface area contributed by atoms with Crippen molar-refractivity contribution in [3.63, 3.8) is 0 Å². The maximum absolute atomic E-state index is 6.66. The summed E-state index contributed by atoms with van der Waals surface area (Å²) in [5.41, 5.74) is 22.0. The quantitative estimate of drug-likeness (QED) is 0.178. The molecule has 67 heavy (non-hydrogen) atoms. The summed E-state index contributed by atoms with van der Waals surface area (Å²) in [7, 11) is 0. The van der Waals surface area contributed by atoms with Gasteiger partial charge in [-0.15, -0.1) is 0 Å². The highest BCUT2D eigenvalue weighted by molar-refractivity contribution is 6.16. The second-order valence-corrected chi connectivity index (χ2v) is 18.3. The van der Waals surface area contributed by atoms with Crippen molar-refractivity contribution in [2.75, 3.05) is 0 Å². The van der Waals surface area contributed by atoms with Crippen LogP contribution in [0.1, 0.15) is 44.5 Å². The Morgan fingerprint density at radius 3 is 1.52 bits per heavy atom. The number of benzene rings is 10. The molecule has 0 N–H and O–H groups in total. The van der Waals surface area contributed by atoms with E-state index < -0.39 is 10.8 Å². The van der Waals surface area contributed by atoms with E-state index in [0.29, 0.717) is 5.82 Å². The van der Waals surface area contributed by atoms with Gasteiger partial charge >= 0.3 is 0 Å². The van der Waals surface area contributed by atoms with Crippen molar-refractivity contribution < 1.29 is 4.42 Å². The fourth-order valence-corrected chi connectivity index (χ4v) is 12.6. The van der Waals surface area contributed by atoms with Crippen LogP contribution in [-0.2, 0) is 10.8 Å². The molecule has 0 amide bonds. The maximum atomic E-state index is 6.66. The van der Waals surface area contributed by atoms with E-state index in [-0.39, 0.29) is 0 Å². The predicted octanol–water partition coefficient (Wildman–Crippen LogP) is 15.6. The van der Waals surface area contributed by atoms with Crippen molar-refractivity contribution in [3.05, 3.63) is 275 Å². The van der Waals surface area contributed by atoms with Crippen LogP contribution in [-0.4, -0.2) is 9.97 Å². The minimum absolute atomic E-state index is 0.537. The Balaban J connectivity index is 1.04. The Bertz CT molecular complexity index is 3950. The van der Waals surface area contributed by atoms with Crippen molar-refractivity contribution in [1.29, 1.82) is 0 Å². The molecule has 10 aromatic carbocycles. The smallest absolute Gasteiger partial charge is 0.160 e. The molecular weight excluding hydrogens is 813 g/mol. The monoisotopic (exact) mass is 850 g/mol. The molecule has 0 saturated carbocycles. The number of furan rings is 1. The molecule has 0 bridgehead atoms. The molecule has 2 spiro atoms. The fraction of sp³-hybridized carbons (Fsp3) is 0.0312. The van der Waals surface area contributed by atoms with Crippen LogP contribution in [0.15, 0.2) is 235 Å². The summed E-state index contributed by atoms with van der Waals surface area (Å²) in [6.07, 6.45) is 0. The summed E-state index contributed by atoms with van der Waals surface area (Å²) in [6, 6.07) is 84.5. The standard InChI is InChI=1S/C64H38N2O/c1-2-16-39(17-3-1)40-30-32-41(33-31-40)61-46-20-6-14-28-56(46)65-62(66-61)42-34-35-45-55(38-42)64(54-36-37-58-60(59(45)54)47-21-7-15-29-57(47)67-58)52-26-12-10-24-50(52)63(51-25-11-13-27-53(51)64)48-22-8-4-18-43(48)44-19-5-9-23-49(44)63/h1-38H. The molecule has 0 saturated heterocycles. The molecule has 3 aliphatic rings. The first-order chi connectivity index (χ1) is 33.2. The van der Waals surface area contributed by atoms with Gasteiger partial charge in [0.2, 0.25) is 0 Å². The van der Waals surface area contributed by atoms with Gasteiger partial charge in [-0.2, -0.15) is 0 Å². The molecule has 310 valence electrons. The van der Waals surface area contributed by atoms with Gasteiger partial charge in [-0.1, -0.05) is 206 Å². The third-order valence-corrected chi connectivity index (χ3v) is 15.2. The van der Waals surface area contributed by atoms with Crippen LogP contribution in [0.5, 0.6) is 0 Å². The van der Waals surface area contributed by atoms with Crippen LogP contribution in [0.25, 0.3) is 88.9 Å². The highest BCUT2D eigenvalue weighted by atomic mass is 16.3. The third-order valence-electron chi connectivity index (χ3n) is 15.2. The van der Waals surface area contributed by atoms with Crippen molar-refractivity contribution in [1.82, 2.24) is 9.97 Å². The van der Waals surface area contributed by atoms with E-state index in [4.69, 9.17) is 14.4 Å². The lowest BCUT2D eigenvalue weighted by Crippen LogP contribution is -2.43. The average molecular weight is 851 g/mol. The largest absolute Gasteiger partial charge is 0.456 e. The van der Waals surface area contributed by atoms with Crippen LogP contribution < -0.4 is 0 Å². The van der Waals surface area contributed by atoms with E-state index in [0.717, 1.165) is 49.7 Å². The van der Waals surface area contributed by atoms with Gasteiger partial charge < -0.3 is 4.42 Å². The number of para-hydroxylation sites is 2. The third kappa shape index (κ3) is 4.70. The van der Waals surface area contributed by atoms with E-state index >= 15 is 0 Å². The van der Waals surface area contributed by atoms with E-state index in [9.17, 15) is 0 Å². The Morgan fingerprint density at radius 2 is 0.836 bits per heavy atom. The van der Waals surface area contributed by atoms with Gasteiger partial charge in [0.1, 0.15) is 11.2 Å². The molecule has 0 aliphatic heterocycles. The Labute approximate surface area is 387 Å². The van der Waals surface area contributed by atoms with Crippen molar-refractivity contribution in [2.24, 2.45) is 0 Å². The van der Waals surface area contributed by atoms with Gasteiger partial charge in [0, 0.05) is 27.3 Å². The van der Waals surface area contributed by atoms with Gasteiger partial charge in [0.15, 0.2) is 5.82 Å². The summed E-state index contributed by atoms with van der Waals surface area (Å²) >= 11 is 0. The number of aromatic nitrogens is 2. The highest BCUT2D eigenvalue weighted by Crippen LogP contribution is 2.68. The van der Waals surface area contributed by atoms with Crippen LogP contribution in [0.3, 0.4) is 0 Å². The van der Waals surface area contributed by atoms with Crippen LogP contribution >= 0.6 is 0 Å². The topological polar surface area (TPSA) is 38.9 Å². The molecule has 2 heterocycles. The first kappa shape index (κ1) is 36.7. The molecule has 0 atom stereocenters. The fourth-order valence-electron chi connectivity index (χ4n) is 12.6. The number of hydrogen-bond acceptors (Lipinski definition) is 3. The maximum Gasteiger partial charge on any atom is 0.160 e. The SMILES string of the molecule is c1ccc(-c2ccc(-c3nc(-c4ccc5c(c4)C4(c6ccccc6C6(c7ccccc7-c7ccccc76)c6ccccc64)c4ccc6oc7ccccc7c6c4-5)nc4ccccc34)cc2)cc1. The van der Waals surface area contributed by atoms with E-state index in [1.807, 2.05) is 0 Å². The highest BCUT2D eigenvalue weighted by Gasteiger charge is 2.59. The normalized spacial score (nSPS) is 14.2. The van der Waals surface area contributed by atoms with Gasteiger partial charge in [0.25, 0.3) is 0 Å². The summed E-state index contributed by atoms with van der Waals surface area (Å²) in [4.78, 5) is 10.9. The molecule has 0 radical (unpaired) electrons. The lowest BCUT2D eigenvalue weighted by molar-refractivity contribution is 0.632. The van der Waals surface area contributed by atoms with Gasteiger partial charge in [0.05, 0.1) is 22.0 Å². The van der Waals surface area contributed by atoms with Crippen molar-refractivity contribution in [3.8, 4) is 56.0 Å². The van der Waals surface area contributed by atoms with Crippen LogP contribution in [0.2, 0.25) is 0 Å². The molecule has 2 aromatic heterocycles. The summed E-state index contributed by atoms with van der Waals surface area (Å²) in [5.74, 6) is 0.696. The summed E-state index contributed by atoms with van der Waals surface area (Å²) < 4.78 is 6.66. The van der Waals surface area contributed by atoms with Crippen molar-refractivity contribution in [2.45, 2.75) is 10.8 Å². The van der Waals surface area contributed by atoms with Gasteiger partial charge in [-0.3, -0.25) is 0 Å². The first-order valence-corrected chi connectivity index (χ1v) is 23.1. The molecule has 0 fully saturated rings. The molecule has 3 nitrogen and oxygen atoms in total. The average Bonchev–Trinajstić information content (AvgIpc) is 4.03. The second-order valence-electron chi connectivity index (χ2n) is 18.3. The van der Waals surface area contributed by atoms with E-state index in [2.05, 4.69) is 231 Å². The molecule has 3 heteroatoms. The van der Waals surface area contributed by atoms with E-state index in [1.54, 1.807) is 0 Å². The van der Waals surface area contributed by atoms with E-state index in [1.165, 1.54) is 77.9 Å². The lowest BCUT2D eigenvalue weighted by Gasteiger charge is -2.48. The van der Waals surface area contributed by atoms with Gasteiger partial charge in [-0.05, 0) is 102 Å². The second kappa shape index (κ2) is 13.4. The number of rotatable bonds is 3. The molecule has 15 rings (SSSR count). The Kier molecular flexibility index (Phi) is 7.36. The molecule has 3 aliphatic carbocycles. The molecule has 0 unspecified atom stereocenters. The zero-order valence-corrected chi connectivity index (χ0v) is 36.2. The Morgan fingerprint density at radius 1 is 0.313 bits per heavy atom. The Hall–Kier alpha value is -8.66. The first-order valence-electron chi connectivity index (χ1n) is 23.1. The molecular formula is C64H38N2O. The predicted molar refractivity (Wildman–Crippen MR) is 271 cm³/mol. The lowest BCUT2D eigenvalue weighted by atomic mass is 9.52. The number of fused-ring (bicyclic) bond motifs is 21. The number of hydrogen-bond donors (Lipinski definition) is 0. The minimum atomic E-state index is -0.703. The zero-order valence-electron chi connectivity index (χ0n) is 36.2. The summed E-state index contributed by atoms with van der Waals surface area (Å²) in [5, 5.41) is 3.29. The number of nitrogens with zero attached hydrogens (tertiary/aromatic N) is 2. The van der Waals surface area contributed by atoms with Crippen molar-refractivity contribution >= 4 is 32.8 Å². The van der Waals surface area contributed by atoms with Gasteiger partial charge in [-0.25, -0.2) is 9.97 Å². The summed E-state index contributed by atoms with van der Waals surface area (Å²) in [6.45, 7) is 0.